The fraction of sp³-hybridized carbons (Fsp3) is 0.783. The van der Waals surface area contributed by atoms with Crippen LogP contribution in [-0.4, -0.2) is 87.6 Å². The van der Waals surface area contributed by atoms with E-state index in [1.54, 1.807) is 17.0 Å². The fourth-order valence-electron chi connectivity index (χ4n) is 4.18. The van der Waals surface area contributed by atoms with Gasteiger partial charge in [0.1, 0.15) is 12.4 Å². The summed E-state index contributed by atoms with van der Waals surface area (Å²) in [6.07, 6.45) is 11.2. The molecule has 3 heterocycles. The van der Waals surface area contributed by atoms with Crippen LogP contribution >= 0.6 is 11.6 Å². The number of aromatic nitrogens is 2. The molecule has 2 saturated heterocycles. The zero-order chi connectivity index (χ0) is 23.2. The van der Waals surface area contributed by atoms with E-state index in [9.17, 15) is 9.59 Å². The summed E-state index contributed by atoms with van der Waals surface area (Å²) in [6, 6.07) is 0.558. The van der Waals surface area contributed by atoms with E-state index in [1.165, 1.54) is 25.7 Å². The molecule has 0 atom stereocenters. The number of aryl methyl sites for hydroxylation is 1. The number of halogens is 1. The summed E-state index contributed by atoms with van der Waals surface area (Å²) >= 11 is 5.44. The number of hydrogen-bond donors (Lipinski definition) is 1. The fourth-order valence-corrected chi connectivity index (χ4v) is 4.37. The summed E-state index contributed by atoms with van der Waals surface area (Å²) in [6.45, 7) is 7.28. The van der Waals surface area contributed by atoms with Gasteiger partial charge in [-0.1, -0.05) is 26.2 Å². The molecule has 3 rings (SSSR count). The number of nitrogens with zero attached hydrogens (tertiary/aromatic N) is 4. The summed E-state index contributed by atoms with van der Waals surface area (Å²) in [4.78, 5) is 31.9. The average Bonchev–Trinajstić information content (AvgIpc) is 3.25. The van der Waals surface area contributed by atoms with Gasteiger partial charge in [-0.25, -0.2) is 4.98 Å². The van der Waals surface area contributed by atoms with Crippen LogP contribution < -0.4 is 0 Å². The number of carboxylic acids is 1. The number of likely N-dealkylation sites (tertiary alicyclic amines) is 1. The monoisotopic (exact) mass is 470 g/mol. The molecule has 2 fully saturated rings. The van der Waals surface area contributed by atoms with Crippen molar-refractivity contribution in [3.63, 3.8) is 0 Å². The summed E-state index contributed by atoms with van der Waals surface area (Å²) in [5.41, 5.74) is 0. The summed E-state index contributed by atoms with van der Waals surface area (Å²) in [5.74, 6) is 0.708. The smallest absolute Gasteiger partial charge is 0.323 e. The Morgan fingerprint density at radius 1 is 1.16 bits per heavy atom. The van der Waals surface area contributed by atoms with Crippen LogP contribution in [-0.2, 0) is 27.3 Å². The topological polar surface area (TPSA) is 87.9 Å². The third-order valence-corrected chi connectivity index (χ3v) is 6.30. The highest BCUT2D eigenvalue weighted by atomic mass is 35.5. The quantitative estimate of drug-likeness (QED) is 0.417. The predicted octanol–water partition coefficient (Wildman–Crippen LogP) is 3.03. The van der Waals surface area contributed by atoms with E-state index in [0.717, 1.165) is 58.1 Å². The number of morpholine rings is 1. The molecule has 0 spiro atoms. The predicted molar refractivity (Wildman–Crippen MR) is 125 cm³/mol. The highest BCUT2D eigenvalue weighted by molar-refractivity contribution is 6.17. The number of imidazole rings is 1. The second kappa shape index (κ2) is 15.2. The number of ether oxygens (including phenoxy) is 1. The molecule has 0 aliphatic carbocycles. The Labute approximate surface area is 196 Å². The number of unbranched alkanes of at least 4 members (excludes halogenated alkanes) is 3. The molecular formula is C23H39ClN4O4. The van der Waals surface area contributed by atoms with E-state index in [-0.39, 0.29) is 12.5 Å². The Bertz CT molecular complexity index is 667. The summed E-state index contributed by atoms with van der Waals surface area (Å²) < 4.78 is 6.98. The number of carboxylic acid groups (broad SMARTS) is 1. The van der Waals surface area contributed by atoms with Gasteiger partial charge in [-0.15, -0.1) is 11.6 Å². The Morgan fingerprint density at radius 2 is 1.88 bits per heavy atom. The molecule has 0 radical (unpaired) electrons. The first kappa shape index (κ1) is 26.6. The van der Waals surface area contributed by atoms with Gasteiger partial charge in [0.15, 0.2) is 0 Å². The molecule has 32 heavy (non-hydrogen) atoms. The number of alkyl halides is 1. The van der Waals surface area contributed by atoms with E-state index in [2.05, 4.69) is 16.8 Å². The van der Waals surface area contributed by atoms with Gasteiger partial charge in [-0.2, -0.15) is 0 Å². The van der Waals surface area contributed by atoms with E-state index in [0.29, 0.717) is 24.7 Å². The van der Waals surface area contributed by atoms with Gasteiger partial charge in [-0.3, -0.25) is 14.5 Å². The summed E-state index contributed by atoms with van der Waals surface area (Å²) in [5, 5.41) is 8.89. The highest BCUT2D eigenvalue weighted by Crippen LogP contribution is 2.18. The van der Waals surface area contributed by atoms with Crippen molar-refractivity contribution in [2.45, 2.75) is 70.9 Å². The van der Waals surface area contributed by atoms with Crippen molar-refractivity contribution in [2.75, 3.05) is 45.3 Å². The van der Waals surface area contributed by atoms with Gasteiger partial charge in [0.2, 0.25) is 5.91 Å². The molecule has 182 valence electrons. The number of carbonyl (C=O) groups is 2. The van der Waals surface area contributed by atoms with Crippen molar-refractivity contribution in [2.24, 2.45) is 0 Å². The van der Waals surface area contributed by atoms with Crippen LogP contribution in [0.3, 0.4) is 0 Å². The SMILES string of the molecule is CCCCCCCl.O=C(O)Cn1ccnc1CCC(=O)N1CCC(N2CCOCC2)CC1. The zero-order valence-electron chi connectivity index (χ0n) is 19.4. The van der Waals surface area contributed by atoms with Crippen molar-refractivity contribution in [1.29, 1.82) is 0 Å². The third kappa shape index (κ3) is 9.46. The Balaban J connectivity index is 0.000000451. The van der Waals surface area contributed by atoms with Crippen LogP contribution in [0.5, 0.6) is 0 Å². The maximum Gasteiger partial charge on any atom is 0.323 e. The molecule has 9 heteroatoms. The van der Waals surface area contributed by atoms with Crippen molar-refractivity contribution < 1.29 is 19.4 Å². The average molecular weight is 471 g/mol. The van der Waals surface area contributed by atoms with Crippen molar-refractivity contribution in [3.8, 4) is 0 Å². The lowest BCUT2D eigenvalue weighted by Gasteiger charge is -2.40. The van der Waals surface area contributed by atoms with E-state index >= 15 is 0 Å². The van der Waals surface area contributed by atoms with Crippen LogP contribution in [0.1, 0.15) is 57.7 Å². The van der Waals surface area contributed by atoms with Gasteiger partial charge < -0.3 is 19.3 Å². The first-order valence-corrected chi connectivity index (χ1v) is 12.5. The number of amides is 1. The third-order valence-electron chi connectivity index (χ3n) is 6.04. The van der Waals surface area contributed by atoms with Gasteiger partial charge in [0.05, 0.1) is 13.2 Å². The minimum Gasteiger partial charge on any atom is -0.480 e. The van der Waals surface area contributed by atoms with Gasteiger partial charge >= 0.3 is 5.97 Å². The standard InChI is InChI=1S/C17H26N4O4.C6H13Cl/c22-16(2-1-15-18-5-8-21(15)13-17(23)24)20-6-3-14(4-7-20)19-9-11-25-12-10-19;1-2-3-4-5-6-7/h5,8,14H,1-4,6-7,9-13H2,(H,23,24);2-6H2,1H3. The second-order valence-electron chi connectivity index (χ2n) is 8.38. The van der Waals surface area contributed by atoms with Gasteiger partial charge in [0.25, 0.3) is 0 Å². The number of hydrogen-bond acceptors (Lipinski definition) is 5. The normalized spacial score (nSPS) is 17.6. The molecule has 0 aromatic carbocycles. The molecule has 1 N–H and O–H groups in total. The Kier molecular flexibility index (Phi) is 12.7. The van der Waals surface area contributed by atoms with E-state index in [1.807, 2.05) is 4.90 Å². The molecule has 1 amide bonds. The first-order chi connectivity index (χ1) is 15.5. The van der Waals surface area contributed by atoms with E-state index < -0.39 is 5.97 Å². The number of aliphatic carboxylic acids is 1. The lowest BCUT2D eigenvalue weighted by Crippen LogP contribution is -2.50. The van der Waals surface area contributed by atoms with Crippen LogP contribution in [0, 0.1) is 0 Å². The molecule has 2 aliphatic rings. The van der Waals surface area contributed by atoms with E-state index in [4.69, 9.17) is 21.4 Å². The number of carbonyl (C=O) groups excluding carboxylic acids is 1. The van der Waals surface area contributed by atoms with Crippen LogP contribution in [0.2, 0.25) is 0 Å². The minimum absolute atomic E-state index is 0.117. The van der Waals surface area contributed by atoms with Crippen molar-refractivity contribution in [1.82, 2.24) is 19.4 Å². The zero-order valence-corrected chi connectivity index (χ0v) is 20.1. The lowest BCUT2D eigenvalue weighted by atomic mass is 10.0. The molecule has 0 unspecified atom stereocenters. The van der Waals surface area contributed by atoms with Crippen molar-refractivity contribution in [3.05, 3.63) is 18.2 Å². The number of rotatable bonds is 10. The molecule has 8 nitrogen and oxygen atoms in total. The molecule has 1 aromatic rings. The molecular weight excluding hydrogens is 432 g/mol. The second-order valence-corrected chi connectivity index (χ2v) is 8.75. The minimum atomic E-state index is -0.907. The van der Waals surface area contributed by atoms with Gasteiger partial charge in [-0.05, 0) is 19.3 Å². The highest BCUT2D eigenvalue weighted by Gasteiger charge is 2.27. The first-order valence-electron chi connectivity index (χ1n) is 11.9. The van der Waals surface area contributed by atoms with Crippen LogP contribution in [0.4, 0.5) is 0 Å². The van der Waals surface area contributed by atoms with Crippen LogP contribution in [0.25, 0.3) is 0 Å². The lowest BCUT2D eigenvalue weighted by molar-refractivity contribution is -0.137. The Hall–Kier alpha value is -1.64. The van der Waals surface area contributed by atoms with Crippen LogP contribution in [0.15, 0.2) is 12.4 Å². The number of piperidine rings is 1. The Morgan fingerprint density at radius 3 is 2.50 bits per heavy atom. The summed E-state index contributed by atoms with van der Waals surface area (Å²) in [7, 11) is 0. The maximum absolute atomic E-state index is 12.4. The maximum atomic E-state index is 12.4. The largest absolute Gasteiger partial charge is 0.480 e. The molecule has 1 aromatic heterocycles. The van der Waals surface area contributed by atoms with Gasteiger partial charge in [0, 0.05) is 63.3 Å². The van der Waals surface area contributed by atoms with Crippen molar-refractivity contribution >= 4 is 23.5 Å². The molecule has 0 saturated carbocycles. The molecule has 2 aliphatic heterocycles. The molecule has 0 bridgehead atoms.